The molecule has 0 spiro atoms. The van der Waals surface area contributed by atoms with E-state index >= 15 is 0 Å². The predicted molar refractivity (Wildman–Crippen MR) is 74.1 cm³/mol. The summed E-state index contributed by atoms with van der Waals surface area (Å²) in [6.45, 7) is 6.30. The zero-order valence-corrected chi connectivity index (χ0v) is 11.3. The molecule has 1 heterocycles. The van der Waals surface area contributed by atoms with Crippen molar-refractivity contribution >= 4 is 27.8 Å². The lowest BCUT2D eigenvalue weighted by atomic mass is 10.2. The summed E-state index contributed by atoms with van der Waals surface area (Å²) in [5, 5.41) is 16.2. The van der Waals surface area contributed by atoms with Gasteiger partial charge in [0.25, 0.3) is 5.13 Å². The van der Waals surface area contributed by atoms with Crippen LogP contribution in [0.2, 0.25) is 0 Å². The van der Waals surface area contributed by atoms with Crippen molar-refractivity contribution in [1.29, 1.82) is 0 Å². The minimum Gasteiger partial charge on any atom is -0.372 e. The molecule has 94 valence electrons. The van der Waals surface area contributed by atoms with Gasteiger partial charge in [0.05, 0.1) is 5.69 Å². The Morgan fingerprint density at radius 2 is 1.83 bits per heavy atom. The lowest BCUT2D eigenvalue weighted by Gasteiger charge is -2.20. The highest BCUT2D eigenvalue weighted by Gasteiger charge is 2.00. The summed E-state index contributed by atoms with van der Waals surface area (Å²) in [5.74, 6) is 0. The Hall–Kier alpha value is -1.82. The molecule has 5 nitrogen and oxygen atoms in total. The van der Waals surface area contributed by atoms with Gasteiger partial charge >= 0.3 is 0 Å². The number of anilines is 1. The second-order valence-corrected chi connectivity index (χ2v) is 4.42. The Labute approximate surface area is 110 Å². The van der Waals surface area contributed by atoms with Gasteiger partial charge in [0, 0.05) is 18.8 Å². The van der Waals surface area contributed by atoms with Crippen LogP contribution >= 0.6 is 11.3 Å². The second kappa shape index (κ2) is 6.20. The van der Waals surface area contributed by atoms with E-state index in [2.05, 4.69) is 51.3 Å². The molecule has 0 amide bonds. The molecule has 1 aromatic carbocycles. The fourth-order valence-corrected chi connectivity index (χ4v) is 2.00. The third kappa shape index (κ3) is 3.10. The van der Waals surface area contributed by atoms with Crippen LogP contribution in [0.4, 0.5) is 16.5 Å². The average Bonchev–Trinajstić information content (AvgIpc) is 2.92. The zero-order chi connectivity index (χ0) is 12.8. The Balaban J connectivity index is 2.08. The molecule has 0 fully saturated rings. The van der Waals surface area contributed by atoms with E-state index in [1.165, 1.54) is 17.0 Å². The molecule has 0 atom stereocenters. The van der Waals surface area contributed by atoms with Gasteiger partial charge in [-0.05, 0) is 38.1 Å². The highest BCUT2D eigenvalue weighted by Crippen LogP contribution is 2.22. The molecular weight excluding hydrogens is 246 g/mol. The lowest BCUT2D eigenvalue weighted by Crippen LogP contribution is -2.21. The van der Waals surface area contributed by atoms with Crippen molar-refractivity contribution in [3.8, 4) is 0 Å². The van der Waals surface area contributed by atoms with Gasteiger partial charge in [0.15, 0.2) is 0 Å². The smallest absolute Gasteiger partial charge is 0.251 e. The van der Waals surface area contributed by atoms with Crippen LogP contribution in [-0.4, -0.2) is 23.3 Å². The third-order valence-corrected chi connectivity index (χ3v) is 3.15. The summed E-state index contributed by atoms with van der Waals surface area (Å²) in [6, 6.07) is 8.03. The number of hydrogen-bond acceptors (Lipinski definition) is 6. The summed E-state index contributed by atoms with van der Waals surface area (Å²) >= 11 is 1.37. The number of rotatable bonds is 5. The highest BCUT2D eigenvalue weighted by molar-refractivity contribution is 7.13. The average molecular weight is 261 g/mol. The maximum Gasteiger partial charge on any atom is 0.251 e. The zero-order valence-electron chi connectivity index (χ0n) is 10.4. The number of azo groups is 1. The standard InChI is InChI=1S/C12H15N5S/c1-3-17(4-2)11-7-5-10(6-8-11)14-16-12-15-13-9-18-12/h5-9H,3-4H2,1-2H3. The molecule has 0 aliphatic rings. The molecule has 2 rings (SSSR count). The van der Waals surface area contributed by atoms with Gasteiger partial charge in [-0.2, -0.15) is 0 Å². The minimum absolute atomic E-state index is 0.572. The Bertz CT molecular complexity index is 488. The van der Waals surface area contributed by atoms with Crippen LogP contribution in [0, 0.1) is 0 Å². The van der Waals surface area contributed by atoms with Gasteiger partial charge in [-0.1, -0.05) is 11.3 Å². The Kier molecular flexibility index (Phi) is 4.35. The van der Waals surface area contributed by atoms with Gasteiger partial charge in [0.1, 0.15) is 5.51 Å². The van der Waals surface area contributed by atoms with Gasteiger partial charge < -0.3 is 4.90 Å². The molecule has 0 unspecified atom stereocenters. The van der Waals surface area contributed by atoms with Gasteiger partial charge in [-0.15, -0.1) is 20.4 Å². The number of aromatic nitrogens is 2. The summed E-state index contributed by atoms with van der Waals surface area (Å²) in [4.78, 5) is 2.28. The van der Waals surface area contributed by atoms with Crippen molar-refractivity contribution in [2.24, 2.45) is 10.2 Å². The van der Waals surface area contributed by atoms with E-state index < -0.39 is 0 Å². The van der Waals surface area contributed by atoms with Crippen LogP contribution in [0.5, 0.6) is 0 Å². The quantitative estimate of drug-likeness (QED) is 0.769. The van der Waals surface area contributed by atoms with E-state index in [0.717, 1.165) is 18.8 Å². The maximum absolute atomic E-state index is 4.12. The Morgan fingerprint density at radius 3 is 2.39 bits per heavy atom. The maximum atomic E-state index is 4.12. The van der Waals surface area contributed by atoms with Crippen LogP contribution in [0.1, 0.15) is 13.8 Å². The second-order valence-electron chi connectivity index (χ2n) is 3.61. The van der Waals surface area contributed by atoms with E-state index in [1.54, 1.807) is 5.51 Å². The monoisotopic (exact) mass is 261 g/mol. The number of nitrogens with zero attached hydrogens (tertiary/aromatic N) is 5. The van der Waals surface area contributed by atoms with Crippen LogP contribution in [-0.2, 0) is 0 Å². The first kappa shape index (κ1) is 12.6. The first-order chi connectivity index (χ1) is 8.83. The molecule has 1 aromatic heterocycles. The van der Waals surface area contributed by atoms with E-state index in [4.69, 9.17) is 0 Å². The van der Waals surface area contributed by atoms with Gasteiger partial charge in [-0.25, -0.2) is 0 Å². The van der Waals surface area contributed by atoms with Crippen molar-refractivity contribution in [1.82, 2.24) is 10.2 Å². The van der Waals surface area contributed by atoms with Crippen LogP contribution in [0.15, 0.2) is 40.0 Å². The highest BCUT2D eigenvalue weighted by atomic mass is 32.1. The topological polar surface area (TPSA) is 53.7 Å². The van der Waals surface area contributed by atoms with Crippen LogP contribution in [0.25, 0.3) is 0 Å². The molecule has 0 aliphatic heterocycles. The molecule has 6 heteroatoms. The fourth-order valence-electron chi connectivity index (χ4n) is 1.63. The molecule has 2 aromatic rings. The first-order valence-electron chi connectivity index (χ1n) is 5.86. The van der Waals surface area contributed by atoms with Gasteiger partial charge in [0.2, 0.25) is 0 Å². The molecule has 0 bridgehead atoms. The van der Waals surface area contributed by atoms with E-state index in [9.17, 15) is 0 Å². The Morgan fingerprint density at radius 1 is 1.11 bits per heavy atom. The van der Waals surface area contributed by atoms with E-state index in [1.807, 2.05) is 12.1 Å². The summed E-state index contributed by atoms with van der Waals surface area (Å²) in [5.41, 5.74) is 3.66. The predicted octanol–water partition coefficient (Wildman–Crippen LogP) is 3.80. The largest absolute Gasteiger partial charge is 0.372 e. The molecule has 18 heavy (non-hydrogen) atoms. The van der Waals surface area contributed by atoms with Crippen LogP contribution < -0.4 is 4.90 Å². The van der Waals surface area contributed by atoms with Crippen molar-refractivity contribution < 1.29 is 0 Å². The third-order valence-electron chi connectivity index (χ3n) is 2.58. The van der Waals surface area contributed by atoms with E-state index in [-0.39, 0.29) is 0 Å². The van der Waals surface area contributed by atoms with E-state index in [0.29, 0.717) is 5.13 Å². The number of hydrogen-bond donors (Lipinski definition) is 0. The van der Waals surface area contributed by atoms with Crippen molar-refractivity contribution in [3.63, 3.8) is 0 Å². The van der Waals surface area contributed by atoms with Crippen molar-refractivity contribution in [2.75, 3.05) is 18.0 Å². The molecule has 0 aliphatic carbocycles. The SMILES string of the molecule is CCN(CC)c1ccc(N=Nc2nncs2)cc1. The van der Waals surface area contributed by atoms with Crippen molar-refractivity contribution in [2.45, 2.75) is 13.8 Å². The molecule has 0 saturated carbocycles. The summed E-state index contributed by atoms with van der Waals surface area (Å²) < 4.78 is 0. The van der Waals surface area contributed by atoms with Gasteiger partial charge in [-0.3, -0.25) is 0 Å². The first-order valence-corrected chi connectivity index (χ1v) is 6.74. The summed E-state index contributed by atoms with van der Waals surface area (Å²) in [6.07, 6.45) is 0. The fraction of sp³-hybridized carbons (Fsp3) is 0.333. The normalized spacial score (nSPS) is 11.0. The number of benzene rings is 1. The van der Waals surface area contributed by atoms with Crippen molar-refractivity contribution in [3.05, 3.63) is 29.8 Å². The summed E-state index contributed by atoms with van der Waals surface area (Å²) in [7, 11) is 0. The lowest BCUT2D eigenvalue weighted by molar-refractivity contribution is 0.866. The molecule has 0 saturated heterocycles. The molecule has 0 radical (unpaired) electrons. The minimum atomic E-state index is 0.572. The van der Waals surface area contributed by atoms with Crippen LogP contribution in [0.3, 0.4) is 0 Å². The molecular formula is C12H15N5S. The molecule has 0 N–H and O–H groups in total.